The molecule has 18 heavy (non-hydrogen) atoms. The summed E-state index contributed by atoms with van der Waals surface area (Å²) in [7, 11) is 3.36. The van der Waals surface area contributed by atoms with Gasteiger partial charge in [0.1, 0.15) is 0 Å². The molecule has 0 saturated heterocycles. The first-order chi connectivity index (χ1) is 8.41. The van der Waals surface area contributed by atoms with Gasteiger partial charge in [0, 0.05) is 24.7 Å². The standard InChI is InChI=1S/C12H13Cl2NO2S/c1-15(2)12(17)7-18-6-11(16)9-5-8(13)3-4-10(9)14/h3-5H,6-7H2,1-2H3. The third kappa shape index (κ3) is 4.52. The first kappa shape index (κ1) is 15.3. The van der Waals surface area contributed by atoms with Gasteiger partial charge in [0.15, 0.2) is 5.78 Å². The van der Waals surface area contributed by atoms with E-state index in [1.165, 1.54) is 16.7 Å². The maximum Gasteiger partial charge on any atom is 0.232 e. The number of ketones is 1. The van der Waals surface area contributed by atoms with E-state index in [0.29, 0.717) is 15.6 Å². The zero-order chi connectivity index (χ0) is 13.7. The fraction of sp³-hybridized carbons (Fsp3) is 0.333. The minimum absolute atomic E-state index is 0.0232. The van der Waals surface area contributed by atoms with E-state index < -0.39 is 0 Å². The zero-order valence-electron chi connectivity index (χ0n) is 10.1. The number of thioether (sulfide) groups is 1. The second-order valence-electron chi connectivity index (χ2n) is 3.83. The van der Waals surface area contributed by atoms with Crippen LogP contribution in [0.4, 0.5) is 0 Å². The lowest BCUT2D eigenvalue weighted by Crippen LogP contribution is -2.24. The summed E-state index contributed by atoms with van der Waals surface area (Å²) in [4.78, 5) is 24.7. The summed E-state index contributed by atoms with van der Waals surface area (Å²) >= 11 is 13.0. The Kier molecular flexibility index (Phi) is 5.99. The topological polar surface area (TPSA) is 37.4 Å². The zero-order valence-corrected chi connectivity index (χ0v) is 12.4. The van der Waals surface area contributed by atoms with E-state index >= 15 is 0 Å². The highest BCUT2D eigenvalue weighted by Crippen LogP contribution is 2.22. The molecule has 0 spiro atoms. The summed E-state index contributed by atoms with van der Waals surface area (Å²) < 4.78 is 0. The van der Waals surface area contributed by atoms with E-state index in [4.69, 9.17) is 23.2 Å². The van der Waals surface area contributed by atoms with Crippen LogP contribution in [0, 0.1) is 0 Å². The molecule has 0 aliphatic rings. The van der Waals surface area contributed by atoms with Gasteiger partial charge >= 0.3 is 0 Å². The van der Waals surface area contributed by atoms with Gasteiger partial charge in [-0.25, -0.2) is 0 Å². The number of hydrogen-bond acceptors (Lipinski definition) is 3. The molecule has 0 saturated carbocycles. The van der Waals surface area contributed by atoms with Crippen molar-refractivity contribution < 1.29 is 9.59 Å². The lowest BCUT2D eigenvalue weighted by Gasteiger charge is -2.09. The predicted octanol–water partition coefficient (Wildman–Crippen LogP) is 3.00. The summed E-state index contributed by atoms with van der Waals surface area (Å²) in [6, 6.07) is 4.76. The molecule has 0 aliphatic heterocycles. The van der Waals surface area contributed by atoms with Gasteiger partial charge in [0.05, 0.1) is 16.5 Å². The van der Waals surface area contributed by atoms with Gasteiger partial charge in [0.25, 0.3) is 0 Å². The maximum absolute atomic E-state index is 11.9. The molecule has 0 radical (unpaired) electrons. The van der Waals surface area contributed by atoms with Crippen molar-refractivity contribution >= 4 is 46.7 Å². The molecule has 98 valence electrons. The summed E-state index contributed by atoms with van der Waals surface area (Å²) in [5.74, 6) is 0.334. The van der Waals surface area contributed by atoms with Crippen LogP contribution in [-0.4, -0.2) is 42.2 Å². The molecular weight excluding hydrogens is 293 g/mol. The molecule has 1 amide bonds. The highest BCUT2D eigenvalue weighted by molar-refractivity contribution is 8.00. The minimum atomic E-state index is -0.126. The monoisotopic (exact) mass is 305 g/mol. The van der Waals surface area contributed by atoms with Gasteiger partial charge in [0.2, 0.25) is 5.91 Å². The number of carbonyl (C=O) groups is 2. The molecule has 0 atom stereocenters. The third-order valence-electron chi connectivity index (χ3n) is 2.19. The number of halogens is 2. The number of Topliss-reactive ketones (excluding diaryl/α,β-unsaturated/α-hetero) is 1. The average Bonchev–Trinajstić information content (AvgIpc) is 2.31. The van der Waals surface area contributed by atoms with Crippen LogP contribution in [0.3, 0.4) is 0 Å². The van der Waals surface area contributed by atoms with Gasteiger partial charge < -0.3 is 4.90 Å². The van der Waals surface area contributed by atoms with Crippen LogP contribution in [0.25, 0.3) is 0 Å². The van der Waals surface area contributed by atoms with Crippen molar-refractivity contribution in [3.05, 3.63) is 33.8 Å². The second kappa shape index (κ2) is 7.02. The van der Waals surface area contributed by atoms with Crippen molar-refractivity contribution in [2.75, 3.05) is 25.6 Å². The Morgan fingerprint density at radius 1 is 1.22 bits per heavy atom. The first-order valence-electron chi connectivity index (χ1n) is 5.18. The van der Waals surface area contributed by atoms with Crippen LogP contribution in [0.1, 0.15) is 10.4 Å². The first-order valence-corrected chi connectivity index (χ1v) is 7.09. The summed E-state index contributed by atoms with van der Waals surface area (Å²) in [6.45, 7) is 0. The molecule has 1 rings (SSSR count). The molecule has 0 aromatic heterocycles. The molecule has 0 unspecified atom stereocenters. The van der Waals surface area contributed by atoms with Crippen molar-refractivity contribution in [2.24, 2.45) is 0 Å². The molecular formula is C12H13Cl2NO2S. The molecule has 0 fully saturated rings. The number of nitrogens with zero attached hydrogens (tertiary/aromatic N) is 1. The van der Waals surface area contributed by atoms with Gasteiger partial charge in [-0.05, 0) is 18.2 Å². The Hall–Kier alpha value is -0.710. The lowest BCUT2D eigenvalue weighted by molar-refractivity contribution is -0.125. The van der Waals surface area contributed by atoms with E-state index in [9.17, 15) is 9.59 Å². The van der Waals surface area contributed by atoms with Gasteiger partial charge in [-0.3, -0.25) is 9.59 Å². The van der Waals surface area contributed by atoms with Crippen molar-refractivity contribution in [1.82, 2.24) is 4.90 Å². The minimum Gasteiger partial charge on any atom is -0.348 e. The van der Waals surface area contributed by atoms with E-state index in [2.05, 4.69) is 0 Å². The van der Waals surface area contributed by atoms with Crippen molar-refractivity contribution in [3.8, 4) is 0 Å². The van der Waals surface area contributed by atoms with Crippen LogP contribution in [-0.2, 0) is 4.79 Å². The Balaban J connectivity index is 2.56. The number of carbonyl (C=O) groups excluding carboxylic acids is 2. The van der Waals surface area contributed by atoms with E-state index in [-0.39, 0.29) is 23.2 Å². The van der Waals surface area contributed by atoms with Crippen LogP contribution < -0.4 is 0 Å². The van der Waals surface area contributed by atoms with Crippen LogP contribution >= 0.6 is 35.0 Å². The average molecular weight is 306 g/mol. The van der Waals surface area contributed by atoms with E-state index in [0.717, 1.165) is 0 Å². The van der Waals surface area contributed by atoms with E-state index in [1.807, 2.05) is 0 Å². The molecule has 3 nitrogen and oxygen atoms in total. The Labute approximate surface area is 120 Å². The maximum atomic E-state index is 11.9. The van der Waals surface area contributed by atoms with Gasteiger partial charge in [-0.15, -0.1) is 11.8 Å². The molecule has 0 N–H and O–H groups in total. The highest BCUT2D eigenvalue weighted by Gasteiger charge is 2.12. The normalized spacial score (nSPS) is 10.2. The number of amides is 1. The fourth-order valence-corrected chi connectivity index (χ4v) is 2.42. The molecule has 0 aliphatic carbocycles. The van der Waals surface area contributed by atoms with Crippen LogP contribution in [0.15, 0.2) is 18.2 Å². The van der Waals surface area contributed by atoms with Crippen molar-refractivity contribution in [2.45, 2.75) is 0 Å². The Morgan fingerprint density at radius 2 is 1.89 bits per heavy atom. The summed E-state index contributed by atoms with van der Waals surface area (Å²) in [5, 5.41) is 0.848. The summed E-state index contributed by atoms with van der Waals surface area (Å²) in [6.07, 6.45) is 0. The van der Waals surface area contributed by atoms with E-state index in [1.54, 1.807) is 32.3 Å². The Morgan fingerprint density at radius 3 is 2.50 bits per heavy atom. The second-order valence-corrected chi connectivity index (χ2v) is 5.66. The summed E-state index contributed by atoms with van der Waals surface area (Å²) in [5.41, 5.74) is 0.397. The lowest BCUT2D eigenvalue weighted by atomic mass is 10.1. The largest absolute Gasteiger partial charge is 0.348 e. The fourth-order valence-electron chi connectivity index (χ4n) is 1.15. The van der Waals surface area contributed by atoms with Gasteiger partial charge in [-0.1, -0.05) is 23.2 Å². The predicted molar refractivity (Wildman–Crippen MR) is 76.8 cm³/mol. The number of benzene rings is 1. The van der Waals surface area contributed by atoms with Crippen molar-refractivity contribution in [1.29, 1.82) is 0 Å². The molecule has 0 heterocycles. The van der Waals surface area contributed by atoms with Crippen molar-refractivity contribution in [3.63, 3.8) is 0 Å². The quantitative estimate of drug-likeness (QED) is 0.785. The molecule has 6 heteroatoms. The molecule has 0 bridgehead atoms. The smallest absolute Gasteiger partial charge is 0.232 e. The third-order valence-corrected chi connectivity index (χ3v) is 3.67. The van der Waals surface area contributed by atoms with Gasteiger partial charge in [-0.2, -0.15) is 0 Å². The number of hydrogen-bond donors (Lipinski definition) is 0. The SMILES string of the molecule is CN(C)C(=O)CSCC(=O)c1cc(Cl)ccc1Cl. The number of rotatable bonds is 5. The van der Waals surface area contributed by atoms with Crippen LogP contribution in [0.2, 0.25) is 10.0 Å². The molecule has 1 aromatic carbocycles. The molecule has 1 aromatic rings. The Bertz CT molecular complexity index is 463. The highest BCUT2D eigenvalue weighted by atomic mass is 35.5. The van der Waals surface area contributed by atoms with Crippen LogP contribution in [0.5, 0.6) is 0 Å².